The Balaban J connectivity index is 1.42. The maximum absolute atomic E-state index is 12.1. The molecular weight excluding hydrogens is 456 g/mol. The number of methoxy groups -OCH3 is 2. The zero-order chi connectivity index (χ0) is 22.1. The molecule has 2 N–H and O–H groups in total. The normalized spacial score (nSPS) is 10.4. The molecule has 162 valence electrons. The summed E-state index contributed by atoms with van der Waals surface area (Å²) < 4.78 is 11.6. The minimum atomic E-state index is -0.152. The molecule has 0 saturated heterocycles. The van der Waals surface area contributed by atoms with E-state index in [1.807, 2.05) is 12.1 Å². The Morgan fingerprint density at radius 3 is 1.71 bits per heavy atom. The second-order valence-corrected chi connectivity index (χ2v) is 9.39. The minimum absolute atomic E-state index is 0.152. The number of carbonyl (C=O) groups is 2. The van der Waals surface area contributed by atoms with Crippen LogP contribution < -0.4 is 20.1 Å². The van der Waals surface area contributed by atoms with Crippen LogP contribution in [-0.4, -0.2) is 47.7 Å². The number of amides is 2. The molecule has 1 heterocycles. The Bertz CT molecular complexity index is 965. The zero-order valence-corrected chi connectivity index (χ0v) is 19.2. The topological polar surface area (TPSA) is 102 Å². The Morgan fingerprint density at radius 2 is 1.29 bits per heavy atom. The Morgan fingerprint density at radius 1 is 0.839 bits per heavy atom. The summed E-state index contributed by atoms with van der Waals surface area (Å²) in [6, 6.07) is 14.3. The monoisotopic (exact) mass is 476 g/mol. The molecule has 31 heavy (non-hydrogen) atoms. The lowest BCUT2D eigenvalue weighted by Gasteiger charge is -2.06. The third-order valence-electron chi connectivity index (χ3n) is 3.75. The van der Waals surface area contributed by atoms with E-state index in [-0.39, 0.29) is 23.3 Å². The van der Waals surface area contributed by atoms with Crippen LogP contribution in [0.2, 0.25) is 0 Å². The number of anilines is 2. The van der Waals surface area contributed by atoms with Crippen LogP contribution in [0.1, 0.15) is 0 Å². The van der Waals surface area contributed by atoms with Gasteiger partial charge in [-0.2, -0.15) is 0 Å². The predicted octanol–water partition coefficient (Wildman–Crippen LogP) is 4.02. The number of thioether (sulfide) groups is 2. The molecule has 0 saturated carbocycles. The Labute approximate surface area is 192 Å². The molecule has 0 radical (unpaired) electrons. The van der Waals surface area contributed by atoms with Gasteiger partial charge in [-0.15, -0.1) is 10.2 Å². The van der Waals surface area contributed by atoms with Crippen molar-refractivity contribution in [3.8, 4) is 11.5 Å². The van der Waals surface area contributed by atoms with Crippen molar-refractivity contribution in [3.63, 3.8) is 0 Å². The zero-order valence-electron chi connectivity index (χ0n) is 16.8. The van der Waals surface area contributed by atoms with E-state index in [1.54, 1.807) is 50.6 Å². The first-order valence-electron chi connectivity index (χ1n) is 9.02. The van der Waals surface area contributed by atoms with Crippen LogP contribution in [0.3, 0.4) is 0 Å². The number of nitrogens with one attached hydrogen (secondary N) is 2. The van der Waals surface area contributed by atoms with E-state index >= 15 is 0 Å². The first-order chi connectivity index (χ1) is 15.1. The molecule has 2 amide bonds. The van der Waals surface area contributed by atoms with Gasteiger partial charge in [0.25, 0.3) is 0 Å². The number of nitrogens with zero attached hydrogens (tertiary/aromatic N) is 2. The highest BCUT2D eigenvalue weighted by molar-refractivity contribution is 8.03. The van der Waals surface area contributed by atoms with Crippen molar-refractivity contribution in [3.05, 3.63) is 48.5 Å². The van der Waals surface area contributed by atoms with Crippen LogP contribution in [0.15, 0.2) is 57.2 Å². The second kappa shape index (κ2) is 11.6. The van der Waals surface area contributed by atoms with Crippen molar-refractivity contribution < 1.29 is 19.1 Å². The molecule has 0 fully saturated rings. The largest absolute Gasteiger partial charge is 0.497 e. The molecular formula is C20H20N4O4S3. The molecule has 3 rings (SSSR count). The Kier molecular flexibility index (Phi) is 8.56. The van der Waals surface area contributed by atoms with Crippen molar-refractivity contribution in [2.75, 3.05) is 36.4 Å². The summed E-state index contributed by atoms with van der Waals surface area (Å²) in [6.45, 7) is 0. The van der Waals surface area contributed by atoms with Crippen molar-refractivity contribution in [2.24, 2.45) is 0 Å². The molecule has 1 aromatic heterocycles. The van der Waals surface area contributed by atoms with Gasteiger partial charge in [0, 0.05) is 23.5 Å². The van der Waals surface area contributed by atoms with E-state index in [4.69, 9.17) is 9.47 Å². The van der Waals surface area contributed by atoms with Gasteiger partial charge in [0.15, 0.2) is 8.68 Å². The quantitative estimate of drug-likeness (QED) is 0.423. The fourth-order valence-electron chi connectivity index (χ4n) is 2.36. The Hall–Kier alpha value is -2.76. The summed E-state index contributed by atoms with van der Waals surface area (Å²) in [6.07, 6.45) is 0. The van der Waals surface area contributed by atoms with Gasteiger partial charge in [0.05, 0.1) is 25.7 Å². The fourth-order valence-corrected chi connectivity index (χ4v) is 4.98. The summed E-state index contributed by atoms with van der Waals surface area (Å²) in [5, 5.41) is 13.8. The highest BCUT2D eigenvalue weighted by Gasteiger charge is 2.11. The molecule has 3 aromatic rings. The maximum atomic E-state index is 12.1. The van der Waals surface area contributed by atoms with Gasteiger partial charge < -0.3 is 20.1 Å². The van der Waals surface area contributed by atoms with Crippen LogP contribution in [0.5, 0.6) is 11.5 Å². The lowest BCUT2D eigenvalue weighted by molar-refractivity contribution is -0.114. The summed E-state index contributed by atoms with van der Waals surface area (Å²) in [7, 11) is 3.15. The third-order valence-corrected chi connectivity index (χ3v) is 6.94. The molecule has 8 nitrogen and oxygen atoms in total. The van der Waals surface area contributed by atoms with E-state index in [1.165, 1.54) is 34.9 Å². The summed E-state index contributed by atoms with van der Waals surface area (Å²) in [5.41, 5.74) is 1.33. The molecule has 2 aromatic carbocycles. The van der Waals surface area contributed by atoms with E-state index in [2.05, 4.69) is 20.8 Å². The average molecular weight is 477 g/mol. The second-order valence-electron chi connectivity index (χ2n) is 5.97. The van der Waals surface area contributed by atoms with Crippen LogP contribution in [-0.2, 0) is 9.59 Å². The summed E-state index contributed by atoms with van der Waals surface area (Å²) in [4.78, 5) is 24.3. The number of rotatable bonds is 10. The van der Waals surface area contributed by atoms with Gasteiger partial charge in [-0.05, 0) is 24.3 Å². The van der Waals surface area contributed by atoms with Crippen LogP contribution in [0.25, 0.3) is 0 Å². The molecule has 0 unspecified atom stereocenters. The lowest BCUT2D eigenvalue weighted by atomic mass is 10.3. The number of hydrogen-bond acceptors (Lipinski definition) is 9. The van der Waals surface area contributed by atoms with E-state index < -0.39 is 0 Å². The SMILES string of the molecule is COc1cccc(NC(=O)CSc2nnc(SCC(=O)Nc3cccc(OC)c3)s2)c1. The predicted molar refractivity (Wildman–Crippen MR) is 125 cm³/mol. The van der Waals surface area contributed by atoms with Crippen molar-refractivity contribution in [1.29, 1.82) is 0 Å². The summed E-state index contributed by atoms with van der Waals surface area (Å²) >= 11 is 3.93. The minimum Gasteiger partial charge on any atom is -0.497 e. The van der Waals surface area contributed by atoms with Crippen molar-refractivity contribution in [1.82, 2.24) is 10.2 Å². The van der Waals surface area contributed by atoms with Gasteiger partial charge in [-0.3, -0.25) is 9.59 Å². The molecule has 11 heteroatoms. The highest BCUT2D eigenvalue weighted by Crippen LogP contribution is 2.29. The van der Waals surface area contributed by atoms with Gasteiger partial charge >= 0.3 is 0 Å². The number of aromatic nitrogens is 2. The third kappa shape index (κ3) is 7.46. The molecule has 0 aliphatic heterocycles. The standard InChI is InChI=1S/C20H20N4O4S3/c1-27-15-7-3-5-13(9-15)21-17(25)11-29-19-23-24-20(31-19)30-12-18(26)22-14-6-4-8-16(10-14)28-2/h3-10H,11-12H2,1-2H3,(H,21,25)(H,22,26). The van der Waals surface area contributed by atoms with Gasteiger partial charge in [-0.1, -0.05) is 47.0 Å². The number of benzene rings is 2. The average Bonchev–Trinajstić information content (AvgIpc) is 3.24. The van der Waals surface area contributed by atoms with Crippen molar-refractivity contribution in [2.45, 2.75) is 8.68 Å². The molecule has 0 aliphatic carbocycles. The maximum Gasteiger partial charge on any atom is 0.234 e. The van der Waals surface area contributed by atoms with E-state index in [0.717, 1.165) is 0 Å². The van der Waals surface area contributed by atoms with E-state index in [0.29, 0.717) is 31.6 Å². The van der Waals surface area contributed by atoms with Crippen molar-refractivity contribution >= 4 is 58.0 Å². The van der Waals surface area contributed by atoms with Crippen LogP contribution in [0, 0.1) is 0 Å². The van der Waals surface area contributed by atoms with Crippen LogP contribution >= 0.6 is 34.9 Å². The molecule has 0 bridgehead atoms. The highest BCUT2D eigenvalue weighted by atomic mass is 32.2. The first kappa shape index (κ1) is 22.9. The van der Waals surface area contributed by atoms with Gasteiger partial charge in [-0.25, -0.2) is 0 Å². The van der Waals surface area contributed by atoms with Crippen LogP contribution in [0.4, 0.5) is 11.4 Å². The van der Waals surface area contributed by atoms with E-state index in [9.17, 15) is 9.59 Å². The molecule has 0 aliphatic rings. The molecule has 0 spiro atoms. The van der Waals surface area contributed by atoms with Gasteiger partial charge in [0.2, 0.25) is 11.8 Å². The smallest absolute Gasteiger partial charge is 0.234 e. The number of hydrogen-bond donors (Lipinski definition) is 2. The summed E-state index contributed by atoms with van der Waals surface area (Å²) in [5.74, 6) is 1.44. The fraction of sp³-hybridized carbons (Fsp3) is 0.200. The lowest BCUT2D eigenvalue weighted by Crippen LogP contribution is -2.13. The number of carbonyl (C=O) groups excluding carboxylic acids is 2. The van der Waals surface area contributed by atoms with Gasteiger partial charge in [0.1, 0.15) is 11.5 Å². The number of ether oxygens (including phenoxy) is 2. The molecule has 0 atom stereocenters. The first-order valence-corrected chi connectivity index (χ1v) is 11.8.